The van der Waals surface area contributed by atoms with E-state index in [1.165, 1.54) is 11.3 Å². The van der Waals surface area contributed by atoms with Crippen LogP contribution in [0.3, 0.4) is 0 Å². The molecule has 1 fully saturated rings. The van der Waals surface area contributed by atoms with Gasteiger partial charge in [0.05, 0.1) is 12.2 Å². The molecule has 0 unspecified atom stereocenters. The van der Waals surface area contributed by atoms with Crippen LogP contribution in [0.25, 0.3) is 11.3 Å². The Bertz CT molecular complexity index is 1110. The zero-order valence-corrected chi connectivity index (χ0v) is 18.0. The lowest BCUT2D eigenvalue weighted by Gasteiger charge is -2.15. The predicted octanol–water partition coefficient (Wildman–Crippen LogP) is 3.96. The Kier molecular flexibility index (Phi) is 6.29. The summed E-state index contributed by atoms with van der Waals surface area (Å²) in [5.41, 5.74) is 2.82. The van der Waals surface area contributed by atoms with Crippen molar-refractivity contribution in [3.63, 3.8) is 0 Å². The highest BCUT2D eigenvalue weighted by atomic mass is 35.5. The number of nitrogens with one attached hydrogen (secondary N) is 2. The third-order valence-electron chi connectivity index (χ3n) is 4.81. The topological polar surface area (TPSA) is 91.4 Å². The average Bonchev–Trinajstić information content (AvgIpc) is 3.42. The molecule has 0 aliphatic carbocycles. The van der Waals surface area contributed by atoms with E-state index in [1.807, 2.05) is 17.5 Å². The van der Waals surface area contributed by atoms with E-state index in [9.17, 15) is 14.4 Å². The second-order valence-electron chi connectivity index (χ2n) is 6.97. The summed E-state index contributed by atoms with van der Waals surface area (Å²) in [5.74, 6) is -0.643. The fraction of sp³-hybridized carbons (Fsp3) is 0.182. The molecule has 0 spiro atoms. The lowest BCUT2D eigenvalue weighted by molar-refractivity contribution is -0.117. The standard InChI is InChI=1S/C22H19ClN4O3S/c23-16-7-3-14(4-8-16)18-13-31-22(25-18)26-19(28)12-24-21(30)15-5-9-17(10-6-15)27-11-1-2-20(27)29/h3-10,13H,1-2,11-12H2,(H,24,30)(H,25,26,28). The first-order valence-corrected chi connectivity index (χ1v) is 11.0. The van der Waals surface area contributed by atoms with Gasteiger partial charge < -0.3 is 15.5 Å². The zero-order chi connectivity index (χ0) is 21.8. The molecule has 31 heavy (non-hydrogen) atoms. The van der Waals surface area contributed by atoms with Gasteiger partial charge in [-0.15, -0.1) is 11.3 Å². The lowest BCUT2D eigenvalue weighted by atomic mass is 10.2. The van der Waals surface area contributed by atoms with Crippen molar-refractivity contribution in [3.05, 3.63) is 64.5 Å². The van der Waals surface area contributed by atoms with Gasteiger partial charge in [-0.25, -0.2) is 4.98 Å². The summed E-state index contributed by atoms with van der Waals surface area (Å²) in [5, 5.41) is 8.20. The molecule has 7 nitrogen and oxygen atoms in total. The van der Waals surface area contributed by atoms with E-state index in [-0.39, 0.29) is 24.3 Å². The van der Waals surface area contributed by atoms with Crippen LogP contribution in [0.4, 0.5) is 10.8 Å². The minimum atomic E-state index is -0.371. The molecule has 1 aliphatic rings. The Morgan fingerprint density at radius 2 is 1.84 bits per heavy atom. The monoisotopic (exact) mass is 454 g/mol. The highest BCUT2D eigenvalue weighted by Gasteiger charge is 2.21. The summed E-state index contributed by atoms with van der Waals surface area (Å²) < 4.78 is 0. The molecule has 1 aliphatic heterocycles. The molecular formula is C22H19ClN4O3S. The van der Waals surface area contributed by atoms with Crippen molar-refractivity contribution in [3.8, 4) is 11.3 Å². The average molecular weight is 455 g/mol. The van der Waals surface area contributed by atoms with Gasteiger partial charge in [0.2, 0.25) is 11.8 Å². The molecular weight excluding hydrogens is 436 g/mol. The highest BCUT2D eigenvalue weighted by Crippen LogP contribution is 2.26. The number of carbonyl (C=O) groups is 3. The number of anilines is 2. The zero-order valence-electron chi connectivity index (χ0n) is 16.4. The summed E-state index contributed by atoms with van der Waals surface area (Å²) in [6.45, 7) is 0.516. The predicted molar refractivity (Wildman–Crippen MR) is 122 cm³/mol. The van der Waals surface area contributed by atoms with E-state index in [4.69, 9.17) is 11.6 Å². The van der Waals surface area contributed by atoms with Crippen molar-refractivity contribution in [2.45, 2.75) is 12.8 Å². The van der Waals surface area contributed by atoms with Gasteiger partial charge in [0, 0.05) is 40.2 Å². The van der Waals surface area contributed by atoms with Gasteiger partial charge in [-0.05, 0) is 42.8 Å². The molecule has 4 rings (SSSR count). The molecule has 0 atom stereocenters. The van der Waals surface area contributed by atoms with Gasteiger partial charge >= 0.3 is 0 Å². The maximum atomic E-state index is 12.3. The van der Waals surface area contributed by atoms with Crippen LogP contribution in [0.1, 0.15) is 23.2 Å². The maximum Gasteiger partial charge on any atom is 0.251 e. The molecule has 1 aromatic heterocycles. The SMILES string of the molecule is O=C(CNC(=O)c1ccc(N2CCCC2=O)cc1)Nc1nc(-c2ccc(Cl)cc2)cs1. The molecule has 0 radical (unpaired) electrons. The summed E-state index contributed by atoms with van der Waals surface area (Å²) in [6, 6.07) is 14.0. The Hall–Kier alpha value is -3.23. The molecule has 1 saturated heterocycles. The number of rotatable bonds is 6. The van der Waals surface area contributed by atoms with E-state index in [0.29, 0.717) is 28.7 Å². The molecule has 2 aromatic carbocycles. The third-order valence-corrected chi connectivity index (χ3v) is 5.82. The Morgan fingerprint density at radius 3 is 2.52 bits per heavy atom. The maximum absolute atomic E-state index is 12.3. The number of amides is 3. The first-order valence-electron chi connectivity index (χ1n) is 9.69. The second kappa shape index (κ2) is 9.28. The van der Waals surface area contributed by atoms with Gasteiger partial charge in [-0.1, -0.05) is 23.7 Å². The molecule has 3 aromatic rings. The smallest absolute Gasteiger partial charge is 0.251 e. The summed E-state index contributed by atoms with van der Waals surface area (Å²) >= 11 is 7.20. The van der Waals surface area contributed by atoms with E-state index in [0.717, 1.165) is 23.4 Å². The lowest BCUT2D eigenvalue weighted by Crippen LogP contribution is -2.32. The van der Waals surface area contributed by atoms with E-state index in [1.54, 1.807) is 41.3 Å². The number of halogens is 1. The van der Waals surface area contributed by atoms with Gasteiger partial charge in [-0.3, -0.25) is 14.4 Å². The van der Waals surface area contributed by atoms with Crippen LogP contribution in [0.5, 0.6) is 0 Å². The minimum absolute atomic E-state index is 0.0929. The van der Waals surface area contributed by atoms with Crippen LogP contribution in [0, 0.1) is 0 Å². The Labute approximate surface area is 188 Å². The van der Waals surface area contributed by atoms with Crippen molar-refractivity contribution < 1.29 is 14.4 Å². The van der Waals surface area contributed by atoms with Crippen LogP contribution < -0.4 is 15.5 Å². The molecule has 158 valence electrons. The van der Waals surface area contributed by atoms with Crippen LogP contribution in [-0.4, -0.2) is 35.8 Å². The highest BCUT2D eigenvalue weighted by molar-refractivity contribution is 7.14. The van der Waals surface area contributed by atoms with E-state index < -0.39 is 0 Å². The number of carbonyl (C=O) groups excluding carboxylic acids is 3. The van der Waals surface area contributed by atoms with Crippen molar-refractivity contribution in [2.75, 3.05) is 23.3 Å². The fourth-order valence-corrected chi connectivity index (χ4v) is 4.09. The molecule has 0 bridgehead atoms. The van der Waals surface area contributed by atoms with Gasteiger partial charge in [0.1, 0.15) is 0 Å². The number of aromatic nitrogens is 1. The fourth-order valence-electron chi connectivity index (χ4n) is 3.22. The summed E-state index contributed by atoms with van der Waals surface area (Å²) in [4.78, 5) is 42.4. The second-order valence-corrected chi connectivity index (χ2v) is 8.27. The number of hydrogen-bond acceptors (Lipinski definition) is 5. The number of hydrogen-bond donors (Lipinski definition) is 2. The van der Waals surface area contributed by atoms with Crippen LogP contribution >= 0.6 is 22.9 Å². The molecule has 0 saturated carbocycles. The summed E-state index contributed by atoms with van der Waals surface area (Å²) in [6.07, 6.45) is 1.40. The third kappa shape index (κ3) is 5.10. The first-order chi connectivity index (χ1) is 15.0. The molecule has 2 heterocycles. The Morgan fingerprint density at radius 1 is 1.10 bits per heavy atom. The number of benzene rings is 2. The van der Waals surface area contributed by atoms with Crippen LogP contribution in [-0.2, 0) is 9.59 Å². The van der Waals surface area contributed by atoms with Gasteiger partial charge in [0.25, 0.3) is 5.91 Å². The largest absolute Gasteiger partial charge is 0.343 e. The van der Waals surface area contributed by atoms with Crippen molar-refractivity contribution >= 4 is 51.5 Å². The Balaban J connectivity index is 1.29. The normalized spacial score (nSPS) is 13.3. The molecule has 9 heteroatoms. The van der Waals surface area contributed by atoms with Crippen molar-refractivity contribution in [1.29, 1.82) is 0 Å². The van der Waals surface area contributed by atoms with Gasteiger partial charge in [0.15, 0.2) is 5.13 Å². The van der Waals surface area contributed by atoms with Crippen LogP contribution in [0.15, 0.2) is 53.9 Å². The van der Waals surface area contributed by atoms with E-state index in [2.05, 4.69) is 15.6 Å². The molecule has 3 amide bonds. The number of thiazole rings is 1. The first kappa shape index (κ1) is 21.0. The molecule has 2 N–H and O–H groups in total. The number of nitrogens with zero attached hydrogens (tertiary/aromatic N) is 2. The van der Waals surface area contributed by atoms with Crippen molar-refractivity contribution in [1.82, 2.24) is 10.3 Å². The summed E-state index contributed by atoms with van der Waals surface area (Å²) in [7, 11) is 0. The quantitative estimate of drug-likeness (QED) is 0.589. The van der Waals surface area contributed by atoms with E-state index >= 15 is 0 Å². The van der Waals surface area contributed by atoms with Gasteiger partial charge in [-0.2, -0.15) is 0 Å². The minimum Gasteiger partial charge on any atom is -0.343 e. The van der Waals surface area contributed by atoms with Crippen LogP contribution in [0.2, 0.25) is 5.02 Å². The van der Waals surface area contributed by atoms with Crippen molar-refractivity contribution in [2.24, 2.45) is 0 Å².